The summed E-state index contributed by atoms with van der Waals surface area (Å²) in [5, 5.41) is 9.31. The first-order valence-electron chi connectivity index (χ1n) is 6.99. The smallest absolute Gasteiger partial charge is 0.308 e. The molecule has 0 spiro atoms. The number of aliphatic carboxylic acids is 1. The van der Waals surface area contributed by atoms with Crippen LogP contribution in [0.5, 0.6) is 0 Å². The van der Waals surface area contributed by atoms with Gasteiger partial charge in [0.25, 0.3) is 0 Å². The number of carbonyl (C=O) groups excluding carboxylic acids is 1. The largest absolute Gasteiger partial charge is 0.481 e. The zero-order valence-electron chi connectivity index (χ0n) is 12.2. The topological polar surface area (TPSA) is 83.6 Å². The van der Waals surface area contributed by atoms with Crippen molar-refractivity contribution in [2.45, 2.75) is 52.5 Å². The van der Waals surface area contributed by atoms with Crippen LogP contribution in [0.25, 0.3) is 0 Å². The van der Waals surface area contributed by atoms with Crippen molar-refractivity contribution >= 4 is 11.9 Å². The normalized spacial score (nSPS) is 20.2. The molecule has 1 heterocycles. The summed E-state index contributed by atoms with van der Waals surface area (Å²) in [6, 6.07) is -0.424. The van der Waals surface area contributed by atoms with E-state index < -0.39 is 17.9 Å². The van der Waals surface area contributed by atoms with Crippen molar-refractivity contribution in [1.82, 2.24) is 4.90 Å². The first kappa shape index (κ1) is 16.0. The molecule has 5 nitrogen and oxygen atoms in total. The molecule has 0 aromatic rings. The zero-order chi connectivity index (χ0) is 14.6. The molecule has 110 valence electrons. The number of hydrogen-bond donors (Lipinski definition) is 2. The van der Waals surface area contributed by atoms with E-state index in [1.54, 1.807) is 0 Å². The number of hydrogen-bond acceptors (Lipinski definition) is 3. The third-order valence-corrected chi connectivity index (χ3v) is 3.78. The average Bonchev–Trinajstić information content (AvgIpc) is 2.25. The molecule has 0 aromatic carbocycles. The Balaban J connectivity index is 2.55. The summed E-state index contributed by atoms with van der Waals surface area (Å²) in [4.78, 5) is 24.8. The van der Waals surface area contributed by atoms with Crippen LogP contribution < -0.4 is 5.73 Å². The number of carbonyl (C=O) groups is 2. The van der Waals surface area contributed by atoms with E-state index in [0.29, 0.717) is 19.4 Å². The molecule has 1 unspecified atom stereocenters. The Morgan fingerprint density at radius 3 is 2.53 bits per heavy atom. The van der Waals surface area contributed by atoms with Gasteiger partial charge in [0.1, 0.15) is 0 Å². The summed E-state index contributed by atoms with van der Waals surface area (Å²) in [6.07, 6.45) is 3.14. The van der Waals surface area contributed by atoms with Crippen LogP contribution in [0.4, 0.5) is 0 Å². The highest BCUT2D eigenvalue weighted by Crippen LogP contribution is 2.29. The Kier molecular flexibility index (Phi) is 5.35. The lowest BCUT2D eigenvalue weighted by Gasteiger charge is -2.34. The Labute approximate surface area is 115 Å². The van der Waals surface area contributed by atoms with E-state index in [1.807, 2.05) is 25.7 Å². The van der Waals surface area contributed by atoms with Gasteiger partial charge in [0.2, 0.25) is 5.91 Å². The van der Waals surface area contributed by atoms with Crippen molar-refractivity contribution in [3.8, 4) is 0 Å². The van der Waals surface area contributed by atoms with Crippen LogP contribution >= 0.6 is 0 Å². The van der Waals surface area contributed by atoms with Gasteiger partial charge in [-0.2, -0.15) is 0 Å². The van der Waals surface area contributed by atoms with Gasteiger partial charge in [-0.1, -0.05) is 20.8 Å². The molecular formula is C14H26N2O3. The van der Waals surface area contributed by atoms with E-state index in [-0.39, 0.29) is 11.3 Å². The molecular weight excluding hydrogens is 244 g/mol. The van der Waals surface area contributed by atoms with Crippen LogP contribution in [0, 0.1) is 11.3 Å². The minimum absolute atomic E-state index is 0.168. The first-order valence-corrected chi connectivity index (χ1v) is 6.99. The molecule has 0 radical (unpaired) electrons. The number of carboxylic acids is 1. The van der Waals surface area contributed by atoms with E-state index in [9.17, 15) is 14.7 Å². The summed E-state index contributed by atoms with van der Waals surface area (Å²) in [5.74, 6) is -1.28. The molecule has 0 saturated carbocycles. The fourth-order valence-electron chi connectivity index (χ4n) is 2.77. The van der Waals surface area contributed by atoms with Gasteiger partial charge < -0.3 is 15.7 Å². The highest BCUT2D eigenvalue weighted by atomic mass is 16.4. The van der Waals surface area contributed by atoms with E-state index in [4.69, 9.17) is 5.73 Å². The maximum Gasteiger partial charge on any atom is 0.308 e. The van der Waals surface area contributed by atoms with Gasteiger partial charge in [-0.15, -0.1) is 0 Å². The predicted octanol–water partition coefficient (Wildman–Crippen LogP) is 1.46. The van der Waals surface area contributed by atoms with E-state index >= 15 is 0 Å². The minimum Gasteiger partial charge on any atom is -0.481 e. The molecule has 1 amide bonds. The van der Waals surface area contributed by atoms with E-state index in [1.165, 1.54) is 0 Å². The van der Waals surface area contributed by atoms with Gasteiger partial charge in [-0.05, 0) is 24.7 Å². The summed E-state index contributed by atoms with van der Waals surface area (Å²) in [6.45, 7) is 7.01. The highest BCUT2D eigenvalue weighted by Gasteiger charge is 2.36. The van der Waals surface area contributed by atoms with Crippen LogP contribution in [0.3, 0.4) is 0 Å². The molecule has 1 aliphatic heterocycles. The number of carboxylic acid groups (broad SMARTS) is 1. The van der Waals surface area contributed by atoms with Gasteiger partial charge in [-0.3, -0.25) is 9.59 Å². The van der Waals surface area contributed by atoms with Crippen molar-refractivity contribution in [1.29, 1.82) is 0 Å². The molecule has 1 aliphatic rings. The van der Waals surface area contributed by atoms with E-state index in [2.05, 4.69) is 0 Å². The van der Waals surface area contributed by atoms with Crippen molar-refractivity contribution in [2.75, 3.05) is 13.1 Å². The van der Waals surface area contributed by atoms with Gasteiger partial charge in [0, 0.05) is 25.6 Å². The monoisotopic (exact) mass is 270 g/mol. The number of amides is 1. The second kappa shape index (κ2) is 6.37. The zero-order valence-corrected chi connectivity index (χ0v) is 12.2. The second-order valence-corrected chi connectivity index (χ2v) is 6.47. The van der Waals surface area contributed by atoms with Crippen molar-refractivity contribution in [2.24, 2.45) is 17.1 Å². The van der Waals surface area contributed by atoms with Gasteiger partial charge in [-0.25, -0.2) is 0 Å². The standard InChI is InChI=1S/C14H26N2O3/c1-14(2,3)12(13(18)19)10(15)7-9-16-8-5-4-6-11(16)17/h10,12H,4-9,15H2,1-3H3,(H,18,19)/t10?,12-/m0/s1. The number of nitrogens with two attached hydrogens (primary N) is 1. The van der Waals surface area contributed by atoms with Crippen LogP contribution in [0.1, 0.15) is 46.5 Å². The molecule has 0 bridgehead atoms. The van der Waals surface area contributed by atoms with Gasteiger partial charge in [0.15, 0.2) is 0 Å². The fourth-order valence-corrected chi connectivity index (χ4v) is 2.77. The van der Waals surface area contributed by atoms with Crippen molar-refractivity contribution in [3.63, 3.8) is 0 Å². The Morgan fingerprint density at radius 1 is 1.42 bits per heavy atom. The maximum atomic E-state index is 11.7. The van der Waals surface area contributed by atoms with Gasteiger partial charge >= 0.3 is 5.97 Å². The molecule has 0 aromatic heterocycles. The van der Waals surface area contributed by atoms with Crippen LogP contribution in [0.15, 0.2) is 0 Å². The number of rotatable bonds is 5. The third-order valence-electron chi connectivity index (χ3n) is 3.78. The molecule has 2 atom stereocenters. The summed E-state index contributed by atoms with van der Waals surface area (Å²) in [7, 11) is 0. The van der Waals surface area contributed by atoms with E-state index in [0.717, 1.165) is 19.4 Å². The van der Waals surface area contributed by atoms with Gasteiger partial charge in [0.05, 0.1) is 5.92 Å². The fraction of sp³-hybridized carbons (Fsp3) is 0.857. The average molecular weight is 270 g/mol. The maximum absolute atomic E-state index is 11.7. The quantitative estimate of drug-likeness (QED) is 0.792. The van der Waals surface area contributed by atoms with Crippen LogP contribution in [-0.2, 0) is 9.59 Å². The molecule has 5 heteroatoms. The molecule has 1 saturated heterocycles. The highest BCUT2D eigenvalue weighted by molar-refractivity contribution is 5.76. The summed E-state index contributed by atoms with van der Waals surface area (Å²) < 4.78 is 0. The van der Waals surface area contributed by atoms with Crippen LogP contribution in [-0.4, -0.2) is 41.0 Å². The molecule has 1 fully saturated rings. The SMILES string of the molecule is CC(C)(C)[C@H](C(=O)O)C(N)CCN1CCCCC1=O. The number of piperidine rings is 1. The molecule has 3 N–H and O–H groups in total. The van der Waals surface area contributed by atoms with Crippen molar-refractivity contribution in [3.05, 3.63) is 0 Å². The second-order valence-electron chi connectivity index (χ2n) is 6.47. The summed E-state index contributed by atoms with van der Waals surface area (Å²) >= 11 is 0. The molecule has 19 heavy (non-hydrogen) atoms. The molecule has 0 aliphatic carbocycles. The lowest BCUT2D eigenvalue weighted by Crippen LogP contribution is -2.46. The Morgan fingerprint density at radius 2 is 2.05 bits per heavy atom. The summed E-state index contributed by atoms with van der Waals surface area (Å²) in [5.41, 5.74) is 5.67. The Hall–Kier alpha value is -1.10. The minimum atomic E-state index is -0.857. The lowest BCUT2D eigenvalue weighted by atomic mass is 9.75. The lowest BCUT2D eigenvalue weighted by molar-refractivity contribution is -0.146. The predicted molar refractivity (Wildman–Crippen MR) is 73.6 cm³/mol. The van der Waals surface area contributed by atoms with Crippen LogP contribution in [0.2, 0.25) is 0 Å². The number of likely N-dealkylation sites (tertiary alicyclic amines) is 1. The Bertz CT molecular complexity index is 336. The number of nitrogens with zero attached hydrogens (tertiary/aromatic N) is 1. The molecule has 1 rings (SSSR count). The first-order chi connectivity index (χ1) is 8.73. The third kappa shape index (κ3) is 4.49. The van der Waals surface area contributed by atoms with Crippen molar-refractivity contribution < 1.29 is 14.7 Å².